The van der Waals surface area contributed by atoms with Gasteiger partial charge in [-0.2, -0.15) is 14.7 Å². The van der Waals surface area contributed by atoms with Gasteiger partial charge in [0.25, 0.3) is 5.91 Å². The standard InChI is InChI=1S/C20H23Cl2N2O7P/c21-9-11-24(12-10-22)16-5-3-15(4-6-16)19(25)23-18(20(26)27)13-14-1-7-17(8-2-14)31-32(28,29)30/h1-8,18,28-30H,9-13H2,(H-,23,25,26,27)/p+1/t18-/m1/s1. The van der Waals surface area contributed by atoms with Gasteiger partial charge in [-0.05, 0) is 42.0 Å². The molecule has 0 aliphatic heterocycles. The van der Waals surface area contributed by atoms with E-state index in [2.05, 4.69) is 9.84 Å². The van der Waals surface area contributed by atoms with Gasteiger partial charge in [-0.3, -0.25) is 9.32 Å². The number of rotatable bonds is 12. The van der Waals surface area contributed by atoms with Crippen LogP contribution in [0.4, 0.5) is 5.69 Å². The van der Waals surface area contributed by atoms with Crippen molar-refractivity contribution in [1.82, 2.24) is 5.32 Å². The fourth-order valence-electron chi connectivity index (χ4n) is 2.90. The van der Waals surface area contributed by atoms with Gasteiger partial charge in [-0.25, -0.2) is 4.79 Å². The number of carboxylic acid groups (broad SMARTS) is 1. The molecule has 2 aromatic rings. The number of halogens is 2. The predicted molar refractivity (Wildman–Crippen MR) is 123 cm³/mol. The highest BCUT2D eigenvalue weighted by molar-refractivity contribution is 7.53. The minimum atomic E-state index is -4.43. The van der Waals surface area contributed by atoms with E-state index in [1.807, 2.05) is 4.90 Å². The lowest BCUT2D eigenvalue weighted by molar-refractivity contribution is -0.139. The monoisotopic (exact) mass is 505 g/mol. The number of aliphatic carboxylic acids is 1. The van der Waals surface area contributed by atoms with Crippen LogP contribution in [0.5, 0.6) is 5.75 Å². The van der Waals surface area contributed by atoms with Crippen molar-refractivity contribution in [2.45, 2.75) is 12.5 Å². The smallest absolute Gasteiger partial charge is 0.480 e. The Balaban J connectivity index is 2.04. The Kier molecular flexibility index (Phi) is 9.96. The molecule has 0 spiro atoms. The average Bonchev–Trinajstić information content (AvgIpc) is 2.73. The van der Waals surface area contributed by atoms with E-state index in [-0.39, 0.29) is 12.2 Å². The number of nitrogens with one attached hydrogen (secondary N) is 1. The number of carboxylic acids is 1. The summed E-state index contributed by atoms with van der Waals surface area (Å²) in [6.45, 7) is 1.20. The zero-order valence-corrected chi connectivity index (χ0v) is 19.3. The summed E-state index contributed by atoms with van der Waals surface area (Å²) < 4.78 is 4.56. The minimum Gasteiger partial charge on any atom is -0.480 e. The maximum absolute atomic E-state index is 12.6. The van der Waals surface area contributed by atoms with Gasteiger partial charge in [0.2, 0.25) is 0 Å². The van der Waals surface area contributed by atoms with Gasteiger partial charge in [-0.1, -0.05) is 12.1 Å². The first-order valence-corrected chi connectivity index (χ1v) is 12.1. The molecule has 0 saturated carbocycles. The summed E-state index contributed by atoms with van der Waals surface area (Å²) in [6.07, 6.45) is -0.0175. The molecule has 32 heavy (non-hydrogen) atoms. The van der Waals surface area contributed by atoms with Crippen LogP contribution in [-0.4, -0.2) is 62.6 Å². The Hall–Kier alpha value is -2.13. The number of hydrogen-bond donors (Lipinski definition) is 5. The minimum absolute atomic E-state index is 0.00274. The molecule has 9 nitrogen and oxygen atoms in total. The molecule has 1 amide bonds. The Morgan fingerprint density at radius 1 is 0.969 bits per heavy atom. The number of carbonyl (C=O) groups is 2. The molecule has 1 atom stereocenters. The number of anilines is 1. The third-order valence-corrected chi connectivity index (χ3v) is 5.19. The topological polar surface area (TPSA) is 140 Å². The first-order chi connectivity index (χ1) is 15.1. The van der Waals surface area contributed by atoms with E-state index in [1.54, 1.807) is 24.3 Å². The van der Waals surface area contributed by atoms with Gasteiger partial charge in [-0.15, -0.1) is 23.2 Å². The van der Waals surface area contributed by atoms with Gasteiger partial charge in [0.15, 0.2) is 5.75 Å². The third kappa shape index (κ3) is 8.43. The maximum atomic E-state index is 12.6. The molecule has 2 rings (SSSR count). The van der Waals surface area contributed by atoms with E-state index in [1.165, 1.54) is 24.3 Å². The molecule has 0 heterocycles. The van der Waals surface area contributed by atoms with Crippen LogP contribution in [0.1, 0.15) is 15.9 Å². The fourth-order valence-corrected chi connectivity index (χ4v) is 3.72. The molecule has 0 aromatic heterocycles. The van der Waals surface area contributed by atoms with Gasteiger partial charge in [0.1, 0.15) is 6.04 Å². The van der Waals surface area contributed by atoms with Crippen molar-refractivity contribution in [2.75, 3.05) is 29.7 Å². The van der Waals surface area contributed by atoms with Crippen LogP contribution in [0, 0.1) is 0 Å². The van der Waals surface area contributed by atoms with Crippen molar-refractivity contribution < 1.29 is 33.9 Å². The number of carbonyl (C=O) groups excluding carboxylic acids is 1. The quantitative estimate of drug-likeness (QED) is 0.219. The lowest BCUT2D eigenvalue weighted by Crippen LogP contribution is -2.42. The highest BCUT2D eigenvalue weighted by Crippen LogP contribution is 2.45. The van der Waals surface area contributed by atoms with Crippen molar-refractivity contribution in [3.63, 3.8) is 0 Å². The first kappa shape index (κ1) is 26.1. The Morgan fingerprint density at radius 2 is 1.53 bits per heavy atom. The van der Waals surface area contributed by atoms with E-state index >= 15 is 0 Å². The second kappa shape index (κ2) is 12.2. The molecule has 0 unspecified atom stereocenters. The Labute approximate surface area is 195 Å². The summed E-state index contributed by atoms with van der Waals surface area (Å²) in [4.78, 5) is 53.0. The van der Waals surface area contributed by atoms with Crippen LogP contribution in [-0.2, 0) is 11.2 Å². The van der Waals surface area contributed by atoms with Crippen molar-refractivity contribution in [2.24, 2.45) is 0 Å². The number of amides is 1. The van der Waals surface area contributed by atoms with Gasteiger partial charge in [0, 0.05) is 42.5 Å². The number of hydrogen-bond acceptors (Lipinski definition) is 7. The second-order valence-corrected chi connectivity index (χ2v) is 8.69. The zero-order valence-electron chi connectivity index (χ0n) is 16.9. The van der Waals surface area contributed by atoms with Crippen LogP contribution in [0.3, 0.4) is 0 Å². The van der Waals surface area contributed by atoms with E-state index in [9.17, 15) is 14.7 Å². The molecule has 0 bridgehead atoms. The predicted octanol–water partition coefficient (Wildman–Crippen LogP) is 2.43. The molecule has 0 aliphatic rings. The normalized spacial score (nSPS) is 12.2. The van der Waals surface area contributed by atoms with Crippen LogP contribution in [0.2, 0.25) is 0 Å². The summed E-state index contributed by atoms with van der Waals surface area (Å²) in [5.74, 6) is -0.899. The molecule has 0 fully saturated rings. The van der Waals surface area contributed by atoms with Gasteiger partial charge < -0.3 is 15.3 Å². The van der Waals surface area contributed by atoms with E-state index in [4.69, 9.17) is 37.9 Å². The summed E-state index contributed by atoms with van der Waals surface area (Å²) in [5.41, 5.74) is 1.70. The average molecular weight is 506 g/mol. The van der Waals surface area contributed by atoms with Gasteiger partial charge >= 0.3 is 14.1 Å². The third-order valence-electron chi connectivity index (χ3n) is 4.40. The van der Waals surface area contributed by atoms with E-state index in [0.717, 1.165) is 5.69 Å². The number of alkyl halides is 2. The van der Waals surface area contributed by atoms with Crippen LogP contribution in [0.15, 0.2) is 48.5 Å². The number of nitrogens with zero attached hydrogens (tertiary/aromatic N) is 1. The summed E-state index contributed by atoms with van der Waals surface area (Å²) in [6, 6.07) is 11.2. The Morgan fingerprint density at radius 3 is 2.00 bits per heavy atom. The summed E-state index contributed by atoms with van der Waals surface area (Å²) in [7, 11) is -4.43. The highest BCUT2D eigenvalue weighted by Gasteiger charge is 2.34. The SMILES string of the molecule is O=C(N[C@H](Cc1ccc(O[P+](O)(O)O)cc1)C(=O)O)c1ccc(N(CCCl)CCCl)cc1. The zero-order chi connectivity index (χ0) is 23.7. The highest BCUT2D eigenvalue weighted by atomic mass is 35.5. The van der Waals surface area contributed by atoms with E-state index in [0.29, 0.717) is 36.0 Å². The van der Waals surface area contributed by atoms with Crippen LogP contribution >= 0.6 is 31.4 Å². The largest absolute Gasteiger partial charge is 0.613 e. The lowest BCUT2D eigenvalue weighted by atomic mass is 10.1. The first-order valence-electron chi connectivity index (χ1n) is 9.49. The molecular weight excluding hydrogens is 482 g/mol. The second-order valence-electron chi connectivity index (χ2n) is 6.73. The number of benzene rings is 2. The molecule has 174 valence electrons. The summed E-state index contributed by atoms with van der Waals surface area (Å²) in [5, 5.41) is 12.0. The molecule has 12 heteroatoms. The van der Waals surface area contributed by atoms with Gasteiger partial charge in [0.05, 0.1) is 0 Å². The fraction of sp³-hybridized carbons (Fsp3) is 0.300. The Bertz CT molecular complexity index is 886. The molecule has 2 aromatic carbocycles. The van der Waals surface area contributed by atoms with Crippen molar-refractivity contribution >= 4 is 48.9 Å². The molecular formula is C20H24Cl2N2O7P+. The molecule has 0 aliphatic carbocycles. The van der Waals surface area contributed by atoms with Crippen molar-refractivity contribution in [3.05, 3.63) is 59.7 Å². The molecule has 5 N–H and O–H groups in total. The maximum Gasteiger partial charge on any atom is 0.613 e. The van der Waals surface area contributed by atoms with Crippen molar-refractivity contribution in [3.8, 4) is 5.75 Å². The molecule has 0 saturated heterocycles. The van der Waals surface area contributed by atoms with Crippen molar-refractivity contribution in [1.29, 1.82) is 0 Å². The lowest BCUT2D eigenvalue weighted by Gasteiger charge is -2.23. The van der Waals surface area contributed by atoms with Crippen LogP contribution in [0.25, 0.3) is 0 Å². The summed E-state index contributed by atoms with van der Waals surface area (Å²) >= 11 is 11.6. The van der Waals surface area contributed by atoms with Crippen LogP contribution < -0.4 is 14.7 Å². The molecule has 0 radical (unpaired) electrons. The van der Waals surface area contributed by atoms with E-state index < -0.39 is 26.1 Å².